The number of thioether (sulfide) groups is 2. The van der Waals surface area contributed by atoms with Crippen molar-refractivity contribution >= 4 is 68.3 Å². The van der Waals surface area contributed by atoms with Gasteiger partial charge in [0.2, 0.25) is 0 Å². The van der Waals surface area contributed by atoms with Crippen molar-refractivity contribution in [3.8, 4) is 0 Å². The van der Waals surface area contributed by atoms with Crippen LogP contribution in [0.15, 0.2) is 28.4 Å². The van der Waals surface area contributed by atoms with Gasteiger partial charge in [0, 0.05) is 26.1 Å². The summed E-state index contributed by atoms with van der Waals surface area (Å²) in [5, 5.41) is 4.57. The van der Waals surface area contributed by atoms with E-state index in [2.05, 4.69) is 0 Å². The largest absolute Gasteiger partial charge is 0.215 e. The second kappa shape index (κ2) is 7.65. The van der Waals surface area contributed by atoms with Crippen molar-refractivity contribution in [3.05, 3.63) is 44.2 Å². The smallest absolute Gasteiger partial charge is 0.189 e. The lowest BCUT2D eigenvalue weighted by Crippen LogP contribution is -1.99. The normalized spacial score (nSPS) is 14.0. The Kier molecular flexibility index (Phi) is 5.49. The molecule has 0 N–H and O–H groups in total. The van der Waals surface area contributed by atoms with E-state index in [1.165, 1.54) is 35.1 Å². The molecule has 0 fully saturated rings. The van der Waals surface area contributed by atoms with Gasteiger partial charge in [-0.25, -0.2) is 9.97 Å². The van der Waals surface area contributed by atoms with Crippen LogP contribution in [0.4, 0.5) is 0 Å². The van der Waals surface area contributed by atoms with Crippen LogP contribution in [0.2, 0.25) is 10.0 Å². The first-order valence-electron chi connectivity index (χ1n) is 8.08. The number of benzene rings is 1. The number of halogens is 2. The lowest BCUT2D eigenvalue weighted by molar-refractivity contribution is 0.699. The van der Waals surface area contributed by atoms with E-state index in [-0.39, 0.29) is 0 Å². The van der Waals surface area contributed by atoms with Crippen LogP contribution in [0.3, 0.4) is 0 Å². The summed E-state index contributed by atoms with van der Waals surface area (Å²) in [6.45, 7) is 0. The quantitative estimate of drug-likeness (QED) is 0.257. The molecule has 25 heavy (non-hydrogen) atoms. The number of thiophene rings is 1. The zero-order valence-corrected chi connectivity index (χ0v) is 17.6. The fourth-order valence-corrected chi connectivity index (χ4v) is 6.51. The second-order valence-corrected chi connectivity index (χ2v) is 9.60. The van der Waals surface area contributed by atoms with Crippen LogP contribution in [0, 0.1) is 0 Å². The third-order valence-electron chi connectivity index (χ3n) is 4.32. The molecule has 0 amide bonds. The van der Waals surface area contributed by atoms with Gasteiger partial charge in [-0.15, -0.1) is 23.1 Å². The summed E-state index contributed by atoms with van der Waals surface area (Å²) in [6, 6.07) is 5.68. The monoisotopic (exact) mass is 426 g/mol. The Bertz CT molecular complexity index is 940. The Morgan fingerprint density at radius 1 is 1.16 bits per heavy atom. The second-order valence-electron chi connectivity index (χ2n) is 5.93. The average molecular weight is 427 g/mol. The van der Waals surface area contributed by atoms with Gasteiger partial charge in [-0.05, 0) is 55.2 Å². The van der Waals surface area contributed by atoms with Crippen LogP contribution in [-0.2, 0) is 18.6 Å². The molecule has 0 radical (unpaired) electrons. The fourth-order valence-electron chi connectivity index (χ4n) is 3.09. The highest BCUT2D eigenvalue weighted by atomic mass is 35.5. The summed E-state index contributed by atoms with van der Waals surface area (Å²) < 4.78 is 0. The molecule has 0 aliphatic heterocycles. The van der Waals surface area contributed by atoms with E-state index in [1.54, 1.807) is 29.6 Å². The van der Waals surface area contributed by atoms with Crippen molar-refractivity contribution in [3.63, 3.8) is 0 Å². The molecule has 1 aliphatic carbocycles. The molecule has 2 heterocycles. The molecule has 0 spiro atoms. The Morgan fingerprint density at radius 2 is 2.00 bits per heavy atom. The topological polar surface area (TPSA) is 25.8 Å². The van der Waals surface area contributed by atoms with Crippen molar-refractivity contribution in [2.75, 3.05) is 6.26 Å². The Hall–Kier alpha value is -0.460. The first-order chi connectivity index (χ1) is 12.2. The number of aromatic nitrogens is 2. The zero-order chi connectivity index (χ0) is 17.4. The fraction of sp³-hybridized carbons (Fsp3) is 0.333. The summed E-state index contributed by atoms with van der Waals surface area (Å²) in [7, 11) is 0. The maximum Gasteiger partial charge on any atom is 0.189 e. The molecule has 0 unspecified atom stereocenters. The highest BCUT2D eigenvalue weighted by Crippen LogP contribution is 2.41. The number of hydrogen-bond donors (Lipinski definition) is 0. The molecule has 130 valence electrons. The van der Waals surface area contributed by atoms with Crippen molar-refractivity contribution < 1.29 is 0 Å². The van der Waals surface area contributed by atoms with Gasteiger partial charge in [0.1, 0.15) is 9.86 Å². The number of hydrogen-bond acceptors (Lipinski definition) is 5. The van der Waals surface area contributed by atoms with Gasteiger partial charge in [-0.1, -0.05) is 41.0 Å². The van der Waals surface area contributed by atoms with Crippen LogP contribution < -0.4 is 0 Å². The van der Waals surface area contributed by atoms with E-state index < -0.39 is 0 Å². The molecule has 2 aromatic heterocycles. The third-order valence-corrected chi connectivity index (χ3v) is 7.67. The summed E-state index contributed by atoms with van der Waals surface area (Å²) in [6.07, 6.45) is 6.89. The molecule has 7 heteroatoms. The Morgan fingerprint density at radius 3 is 2.80 bits per heavy atom. The van der Waals surface area contributed by atoms with Crippen LogP contribution in [0.5, 0.6) is 0 Å². The molecule has 3 aromatic rings. The molecule has 1 aliphatic rings. The van der Waals surface area contributed by atoms with Crippen LogP contribution >= 0.6 is 58.1 Å². The molecule has 0 saturated heterocycles. The highest BCUT2D eigenvalue weighted by Gasteiger charge is 2.21. The van der Waals surface area contributed by atoms with Gasteiger partial charge in [-0.3, -0.25) is 0 Å². The molecule has 2 nitrogen and oxygen atoms in total. The maximum absolute atomic E-state index is 6.33. The van der Waals surface area contributed by atoms with Crippen LogP contribution in [0.1, 0.15) is 28.8 Å². The van der Waals surface area contributed by atoms with E-state index in [4.69, 9.17) is 33.2 Å². The minimum Gasteiger partial charge on any atom is -0.215 e. The molecular formula is C18H16Cl2N2S3. The lowest BCUT2D eigenvalue weighted by atomic mass is 9.97. The number of rotatable bonds is 4. The SMILES string of the molecule is CSc1nc(SCc2ccc(Cl)cc2Cl)c2c3c(sc2n1)CCCC3. The van der Waals surface area contributed by atoms with E-state index in [0.29, 0.717) is 10.0 Å². The molecule has 1 aromatic carbocycles. The summed E-state index contributed by atoms with van der Waals surface area (Å²) in [5.41, 5.74) is 2.56. The lowest BCUT2D eigenvalue weighted by Gasteiger charge is -2.12. The Labute approximate surface area is 169 Å². The average Bonchev–Trinajstić information content (AvgIpc) is 2.99. The number of nitrogens with zero attached hydrogens (tertiary/aromatic N) is 2. The Balaban J connectivity index is 1.73. The van der Waals surface area contributed by atoms with Crippen molar-refractivity contribution in [2.45, 2.75) is 41.6 Å². The third kappa shape index (κ3) is 3.67. The molecule has 4 rings (SSSR count). The predicted octanol–water partition coefficient (Wildman–Crippen LogP) is 6.89. The summed E-state index contributed by atoms with van der Waals surface area (Å²) in [4.78, 5) is 12.2. The van der Waals surface area contributed by atoms with Crippen molar-refractivity contribution in [2.24, 2.45) is 0 Å². The van der Waals surface area contributed by atoms with Gasteiger partial charge in [0.25, 0.3) is 0 Å². The first-order valence-corrected chi connectivity index (χ1v) is 11.9. The van der Waals surface area contributed by atoms with E-state index >= 15 is 0 Å². The van der Waals surface area contributed by atoms with Gasteiger partial charge in [-0.2, -0.15) is 0 Å². The van der Waals surface area contributed by atoms with Gasteiger partial charge in [0.05, 0.1) is 0 Å². The van der Waals surface area contributed by atoms with Gasteiger partial charge < -0.3 is 0 Å². The first kappa shape index (κ1) is 17.9. The van der Waals surface area contributed by atoms with Gasteiger partial charge in [0.15, 0.2) is 5.16 Å². The summed E-state index contributed by atoms with van der Waals surface area (Å²) >= 11 is 17.5. The van der Waals surface area contributed by atoms with E-state index in [9.17, 15) is 0 Å². The molecule has 0 atom stereocenters. The minimum atomic E-state index is 0.666. The highest BCUT2D eigenvalue weighted by molar-refractivity contribution is 7.99. The van der Waals surface area contributed by atoms with E-state index in [1.807, 2.05) is 29.7 Å². The number of aryl methyl sites for hydroxylation is 2. The zero-order valence-electron chi connectivity index (χ0n) is 13.6. The minimum absolute atomic E-state index is 0.666. The van der Waals surface area contributed by atoms with Crippen LogP contribution in [0.25, 0.3) is 10.2 Å². The summed E-state index contributed by atoms with van der Waals surface area (Å²) in [5.74, 6) is 0.778. The van der Waals surface area contributed by atoms with Crippen molar-refractivity contribution in [1.82, 2.24) is 9.97 Å². The molecular weight excluding hydrogens is 411 g/mol. The predicted molar refractivity (Wildman–Crippen MR) is 112 cm³/mol. The number of fused-ring (bicyclic) bond motifs is 3. The maximum atomic E-state index is 6.33. The van der Waals surface area contributed by atoms with Crippen LogP contribution in [-0.4, -0.2) is 16.2 Å². The van der Waals surface area contributed by atoms with Gasteiger partial charge >= 0.3 is 0 Å². The molecule has 0 saturated carbocycles. The standard InChI is InChI=1S/C18H16Cl2N2S3/c1-23-18-21-16(24-9-10-6-7-11(19)8-13(10)20)15-12-4-2-3-5-14(12)25-17(15)22-18/h6-8H,2-5,9H2,1H3. The molecule has 0 bridgehead atoms. The van der Waals surface area contributed by atoms with Crippen molar-refractivity contribution in [1.29, 1.82) is 0 Å². The van der Waals surface area contributed by atoms with E-state index in [0.717, 1.165) is 32.7 Å².